The number of halogens is 8. The molecule has 3 N–H and O–H groups in total. The minimum Gasteiger partial charge on any atom is -0.369 e. The molecular formula is C27H23BrF7N5O3. The average molecular weight is 678 g/mol. The highest BCUT2D eigenvalue weighted by Gasteiger charge is 2.71. The summed E-state index contributed by atoms with van der Waals surface area (Å²) < 4.78 is 93.8. The summed E-state index contributed by atoms with van der Waals surface area (Å²) in [6, 6.07) is 7.94. The number of carbonyl (C=O) groups is 2. The molecule has 0 spiro atoms. The van der Waals surface area contributed by atoms with Gasteiger partial charge in [0, 0.05) is 60.8 Å². The molecule has 1 fully saturated rings. The van der Waals surface area contributed by atoms with Crippen LogP contribution < -0.4 is 10.6 Å². The number of pyridine rings is 1. The number of amides is 3. The van der Waals surface area contributed by atoms with Gasteiger partial charge in [-0.25, -0.2) is 9.18 Å². The zero-order chi connectivity index (χ0) is 31.6. The molecule has 2 heterocycles. The van der Waals surface area contributed by atoms with Crippen LogP contribution in [0.5, 0.6) is 0 Å². The third kappa shape index (κ3) is 7.08. The van der Waals surface area contributed by atoms with Crippen molar-refractivity contribution in [3.05, 3.63) is 87.9 Å². The molecule has 1 aliphatic rings. The molecule has 2 aromatic carbocycles. The number of aromatic nitrogens is 1. The second-order valence-electron chi connectivity index (χ2n) is 9.60. The smallest absolute Gasteiger partial charge is 0.369 e. The van der Waals surface area contributed by atoms with Crippen LogP contribution in [-0.4, -0.2) is 70.4 Å². The molecule has 3 amide bonds. The second kappa shape index (κ2) is 12.5. The van der Waals surface area contributed by atoms with Gasteiger partial charge in [-0.3, -0.25) is 14.7 Å². The summed E-state index contributed by atoms with van der Waals surface area (Å²) in [7, 11) is 0. The Kier molecular flexibility index (Phi) is 9.32. The summed E-state index contributed by atoms with van der Waals surface area (Å²) in [5.41, 5.74) is -5.67. The van der Waals surface area contributed by atoms with Crippen molar-refractivity contribution in [1.29, 1.82) is 0 Å². The Morgan fingerprint density at radius 2 is 1.47 bits per heavy atom. The Bertz CT molecular complexity index is 1450. The normalized spacial score (nSPS) is 14.9. The van der Waals surface area contributed by atoms with Gasteiger partial charge in [0.2, 0.25) is 0 Å². The van der Waals surface area contributed by atoms with Gasteiger partial charge in [0.15, 0.2) is 0 Å². The lowest BCUT2D eigenvalue weighted by molar-refractivity contribution is -0.376. The number of piperazine rings is 1. The van der Waals surface area contributed by atoms with Crippen molar-refractivity contribution in [3.63, 3.8) is 0 Å². The van der Waals surface area contributed by atoms with E-state index in [1.807, 2.05) is 4.90 Å². The van der Waals surface area contributed by atoms with Gasteiger partial charge < -0.3 is 20.6 Å². The third-order valence-electron chi connectivity index (χ3n) is 6.73. The molecular weight excluding hydrogens is 655 g/mol. The molecule has 0 atom stereocenters. The molecule has 16 heteroatoms. The standard InChI is InChI=1S/C27H23BrF7N5O3/c28-20-14-22(38-24(42)37-18-5-7-36-8-6-18)21(29)13-19(20)23(41)40-11-9-39(10-12-40)15-16-1-3-17(4-2-16)25(43,26(30,31)32)27(33,34)35/h1-8,13-14,43H,9-12,15H2,(H2,36,37,38,42). The quantitative estimate of drug-likeness (QED) is 0.283. The summed E-state index contributed by atoms with van der Waals surface area (Å²) >= 11 is 3.24. The van der Waals surface area contributed by atoms with Gasteiger partial charge in [-0.2, -0.15) is 26.3 Å². The average Bonchev–Trinajstić information content (AvgIpc) is 2.94. The van der Waals surface area contributed by atoms with Crippen molar-refractivity contribution in [1.82, 2.24) is 14.8 Å². The molecule has 0 aliphatic carbocycles. The van der Waals surface area contributed by atoms with Crippen LogP contribution in [0.1, 0.15) is 21.5 Å². The lowest BCUT2D eigenvalue weighted by Gasteiger charge is -2.35. The first-order valence-corrected chi connectivity index (χ1v) is 13.3. The van der Waals surface area contributed by atoms with Gasteiger partial charge in [-0.15, -0.1) is 0 Å². The zero-order valence-corrected chi connectivity index (χ0v) is 23.5. The number of rotatable bonds is 6. The first kappa shape index (κ1) is 32.2. The summed E-state index contributed by atoms with van der Waals surface area (Å²) in [6.45, 7) is 1.22. The van der Waals surface area contributed by atoms with E-state index in [1.165, 1.54) is 23.4 Å². The Hall–Kier alpha value is -3.76. The Balaban J connectivity index is 1.35. The van der Waals surface area contributed by atoms with Gasteiger partial charge in [0.25, 0.3) is 11.5 Å². The van der Waals surface area contributed by atoms with E-state index in [4.69, 9.17) is 0 Å². The Morgan fingerprint density at radius 1 is 0.884 bits per heavy atom. The van der Waals surface area contributed by atoms with Gasteiger partial charge in [0.05, 0.1) is 11.3 Å². The van der Waals surface area contributed by atoms with E-state index < -0.39 is 41.3 Å². The number of aliphatic hydroxyl groups is 1. The maximum absolute atomic E-state index is 14.8. The predicted molar refractivity (Wildman–Crippen MR) is 145 cm³/mol. The number of benzene rings is 2. The lowest BCUT2D eigenvalue weighted by atomic mass is 9.91. The number of hydrogen-bond donors (Lipinski definition) is 3. The van der Waals surface area contributed by atoms with Gasteiger partial charge in [-0.1, -0.05) is 24.3 Å². The molecule has 0 bridgehead atoms. The number of urea groups is 1. The second-order valence-corrected chi connectivity index (χ2v) is 10.5. The maximum atomic E-state index is 14.8. The lowest BCUT2D eigenvalue weighted by Crippen LogP contribution is -2.53. The SMILES string of the molecule is O=C(Nc1ccncc1)Nc1cc(Br)c(C(=O)N2CCN(Cc3ccc(C(O)(C(F)(F)F)C(F)(F)F)cc3)CC2)cc1F. The van der Waals surface area contributed by atoms with Gasteiger partial charge >= 0.3 is 18.4 Å². The number of nitrogens with one attached hydrogen (secondary N) is 2. The molecule has 3 aromatic rings. The van der Waals surface area contributed by atoms with E-state index in [9.17, 15) is 45.4 Å². The van der Waals surface area contributed by atoms with Gasteiger partial charge in [0.1, 0.15) is 5.82 Å². The van der Waals surface area contributed by atoms with E-state index in [0.29, 0.717) is 36.5 Å². The van der Waals surface area contributed by atoms with Crippen molar-refractivity contribution in [2.45, 2.75) is 24.5 Å². The number of carbonyl (C=O) groups excluding carboxylic acids is 2. The molecule has 0 saturated carbocycles. The number of hydrogen-bond acceptors (Lipinski definition) is 5. The zero-order valence-electron chi connectivity index (χ0n) is 21.9. The molecule has 1 saturated heterocycles. The molecule has 43 heavy (non-hydrogen) atoms. The Morgan fingerprint density at radius 3 is 2.02 bits per heavy atom. The molecule has 0 radical (unpaired) electrons. The van der Waals surface area contributed by atoms with Gasteiger partial charge in [-0.05, 0) is 45.8 Å². The highest BCUT2D eigenvalue weighted by atomic mass is 79.9. The molecule has 4 rings (SSSR count). The molecule has 0 unspecified atom stereocenters. The van der Waals surface area contributed by atoms with Crippen LogP contribution in [0.3, 0.4) is 0 Å². The van der Waals surface area contributed by atoms with Crippen LogP contribution in [-0.2, 0) is 12.1 Å². The predicted octanol–water partition coefficient (Wildman–Crippen LogP) is 5.90. The van der Waals surface area contributed by atoms with Crippen LogP contribution in [0, 0.1) is 5.82 Å². The van der Waals surface area contributed by atoms with Crippen LogP contribution in [0.25, 0.3) is 0 Å². The third-order valence-corrected chi connectivity index (χ3v) is 7.39. The van der Waals surface area contributed by atoms with E-state index in [1.54, 1.807) is 12.1 Å². The van der Waals surface area contributed by atoms with E-state index >= 15 is 0 Å². The summed E-state index contributed by atoms with van der Waals surface area (Å²) in [5, 5.41) is 14.4. The molecule has 230 valence electrons. The van der Waals surface area contributed by atoms with E-state index in [0.717, 1.165) is 18.2 Å². The molecule has 1 aliphatic heterocycles. The van der Waals surface area contributed by atoms with Crippen molar-refractivity contribution < 1.29 is 45.4 Å². The van der Waals surface area contributed by atoms with E-state index in [2.05, 4.69) is 31.5 Å². The van der Waals surface area contributed by atoms with Crippen LogP contribution in [0.15, 0.2) is 65.4 Å². The highest BCUT2D eigenvalue weighted by molar-refractivity contribution is 9.10. The van der Waals surface area contributed by atoms with Crippen molar-refractivity contribution in [3.8, 4) is 0 Å². The van der Waals surface area contributed by atoms with Crippen molar-refractivity contribution >= 4 is 39.2 Å². The minimum atomic E-state index is -5.97. The number of anilines is 2. The Labute approximate surface area is 248 Å². The van der Waals surface area contributed by atoms with Crippen LogP contribution in [0.2, 0.25) is 0 Å². The maximum Gasteiger partial charge on any atom is 0.430 e. The van der Waals surface area contributed by atoms with Crippen molar-refractivity contribution in [2.75, 3.05) is 36.8 Å². The highest BCUT2D eigenvalue weighted by Crippen LogP contribution is 2.50. The fourth-order valence-corrected chi connectivity index (χ4v) is 4.92. The fourth-order valence-electron chi connectivity index (χ4n) is 4.40. The monoisotopic (exact) mass is 677 g/mol. The fraction of sp³-hybridized carbons (Fsp3) is 0.296. The summed E-state index contributed by atoms with van der Waals surface area (Å²) in [4.78, 5) is 32.4. The minimum absolute atomic E-state index is 0.0171. The summed E-state index contributed by atoms with van der Waals surface area (Å²) in [5.74, 6) is -1.33. The molecule has 1 aromatic heterocycles. The first-order chi connectivity index (χ1) is 20.1. The van der Waals surface area contributed by atoms with E-state index in [-0.39, 0.29) is 35.4 Å². The largest absolute Gasteiger partial charge is 0.430 e. The van der Waals surface area contributed by atoms with Crippen molar-refractivity contribution in [2.24, 2.45) is 0 Å². The number of alkyl halides is 6. The topological polar surface area (TPSA) is 97.8 Å². The molecule has 8 nitrogen and oxygen atoms in total. The number of nitrogens with zero attached hydrogens (tertiary/aromatic N) is 3. The first-order valence-electron chi connectivity index (χ1n) is 12.5. The summed E-state index contributed by atoms with van der Waals surface area (Å²) in [6.07, 6.45) is -9.01. The van der Waals surface area contributed by atoms with Crippen LogP contribution >= 0.6 is 15.9 Å². The van der Waals surface area contributed by atoms with Crippen LogP contribution in [0.4, 0.5) is 46.9 Å².